The van der Waals surface area contributed by atoms with Gasteiger partial charge in [-0.15, -0.1) is 0 Å². The highest BCUT2D eigenvalue weighted by Gasteiger charge is 2.21. The zero-order chi connectivity index (χ0) is 13.0. The van der Waals surface area contributed by atoms with Crippen LogP contribution in [0.25, 0.3) is 0 Å². The minimum atomic E-state index is -0.170. The first kappa shape index (κ1) is 13.5. The molecular formula is C16H24FN. The van der Waals surface area contributed by atoms with Crippen LogP contribution < -0.4 is 5.73 Å². The summed E-state index contributed by atoms with van der Waals surface area (Å²) in [4.78, 5) is 0. The monoisotopic (exact) mass is 249 g/mol. The van der Waals surface area contributed by atoms with Gasteiger partial charge in [-0.25, -0.2) is 4.39 Å². The van der Waals surface area contributed by atoms with Gasteiger partial charge in [-0.2, -0.15) is 0 Å². The maximum Gasteiger partial charge on any atom is 0.123 e. The molecule has 0 bridgehead atoms. The molecule has 1 fully saturated rings. The molecule has 2 heteroatoms. The van der Waals surface area contributed by atoms with E-state index in [2.05, 4.69) is 0 Å². The first-order chi connectivity index (χ1) is 8.68. The molecule has 2 N–H and O–H groups in total. The minimum Gasteiger partial charge on any atom is -0.324 e. The molecule has 0 radical (unpaired) electrons. The van der Waals surface area contributed by atoms with Gasteiger partial charge in [0.1, 0.15) is 5.82 Å². The Hall–Kier alpha value is -0.890. The number of hydrogen-bond acceptors (Lipinski definition) is 1. The van der Waals surface area contributed by atoms with Gasteiger partial charge >= 0.3 is 0 Å². The lowest BCUT2D eigenvalue weighted by Gasteiger charge is -2.27. The van der Waals surface area contributed by atoms with Gasteiger partial charge < -0.3 is 5.73 Å². The van der Waals surface area contributed by atoms with Crippen molar-refractivity contribution in [2.75, 3.05) is 0 Å². The summed E-state index contributed by atoms with van der Waals surface area (Å²) in [6, 6.07) is 4.98. The molecular weight excluding hydrogens is 225 g/mol. The van der Waals surface area contributed by atoms with Crippen molar-refractivity contribution in [1.29, 1.82) is 0 Å². The average molecular weight is 249 g/mol. The number of benzene rings is 1. The Morgan fingerprint density at radius 3 is 2.39 bits per heavy atom. The normalized spacial score (nSPS) is 20.2. The van der Waals surface area contributed by atoms with Crippen molar-refractivity contribution < 1.29 is 4.39 Å². The Balaban J connectivity index is 2.12. The van der Waals surface area contributed by atoms with E-state index in [-0.39, 0.29) is 11.9 Å². The minimum absolute atomic E-state index is 0.00111. The van der Waals surface area contributed by atoms with E-state index >= 15 is 0 Å². The van der Waals surface area contributed by atoms with Gasteiger partial charge in [-0.3, -0.25) is 0 Å². The molecule has 0 amide bonds. The highest BCUT2D eigenvalue weighted by molar-refractivity contribution is 5.29. The van der Waals surface area contributed by atoms with Crippen molar-refractivity contribution in [2.45, 2.75) is 57.9 Å². The fourth-order valence-corrected chi connectivity index (χ4v) is 3.07. The van der Waals surface area contributed by atoms with Gasteiger partial charge in [0.15, 0.2) is 0 Å². The molecule has 1 nitrogen and oxygen atoms in total. The molecule has 1 aromatic rings. The molecule has 1 aliphatic carbocycles. The van der Waals surface area contributed by atoms with Crippen LogP contribution in [0.4, 0.5) is 4.39 Å². The predicted molar refractivity (Wildman–Crippen MR) is 73.9 cm³/mol. The van der Waals surface area contributed by atoms with Crippen LogP contribution in [0.2, 0.25) is 0 Å². The zero-order valence-corrected chi connectivity index (χ0v) is 11.3. The SMILES string of the molecule is Cc1ccc(F)cc1C(N)C1CCCCCCC1. The molecule has 0 saturated heterocycles. The van der Waals surface area contributed by atoms with E-state index in [0.717, 1.165) is 11.1 Å². The molecule has 0 aromatic heterocycles. The van der Waals surface area contributed by atoms with E-state index in [9.17, 15) is 4.39 Å². The molecule has 0 heterocycles. The van der Waals surface area contributed by atoms with E-state index in [0.29, 0.717) is 5.92 Å². The Labute approximate surface area is 110 Å². The molecule has 1 aromatic carbocycles. The summed E-state index contributed by atoms with van der Waals surface area (Å²) in [7, 11) is 0. The molecule has 0 spiro atoms. The van der Waals surface area contributed by atoms with E-state index in [1.807, 2.05) is 13.0 Å². The Morgan fingerprint density at radius 1 is 1.11 bits per heavy atom. The van der Waals surface area contributed by atoms with Crippen LogP contribution in [0.15, 0.2) is 18.2 Å². The number of hydrogen-bond donors (Lipinski definition) is 1. The van der Waals surface area contributed by atoms with Crippen LogP contribution in [0.3, 0.4) is 0 Å². The lowest BCUT2D eigenvalue weighted by molar-refractivity contribution is 0.326. The molecule has 1 aliphatic rings. The van der Waals surface area contributed by atoms with Crippen molar-refractivity contribution in [3.05, 3.63) is 35.1 Å². The Morgan fingerprint density at radius 2 is 1.72 bits per heavy atom. The summed E-state index contributed by atoms with van der Waals surface area (Å²) in [6.45, 7) is 2.03. The fourth-order valence-electron chi connectivity index (χ4n) is 3.07. The van der Waals surface area contributed by atoms with Crippen LogP contribution >= 0.6 is 0 Å². The van der Waals surface area contributed by atoms with Gasteiger partial charge in [-0.05, 0) is 48.9 Å². The van der Waals surface area contributed by atoms with E-state index < -0.39 is 0 Å². The van der Waals surface area contributed by atoms with Crippen LogP contribution in [-0.4, -0.2) is 0 Å². The molecule has 0 aliphatic heterocycles. The van der Waals surface area contributed by atoms with Crippen molar-refractivity contribution in [3.8, 4) is 0 Å². The fraction of sp³-hybridized carbons (Fsp3) is 0.625. The van der Waals surface area contributed by atoms with E-state index in [1.54, 1.807) is 6.07 Å². The summed E-state index contributed by atoms with van der Waals surface area (Å²) < 4.78 is 13.4. The molecule has 2 rings (SSSR count). The summed E-state index contributed by atoms with van der Waals surface area (Å²) in [5, 5.41) is 0. The molecule has 100 valence electrons. The third kappa shape index (κ3) is 3.32. The average Bonchev–Trinajstić information content (AvgIpc) is 2.31. The van der Waals surface area contributed by atoms with Gasteiger partial charge in [0.25, 0.3) is 0 Å². The first-order valence-corrected chi connectivity index (χ1v) is 7.20. The predicted octanol–water partition coefficient (Wildman–Crippen LogP) is 4.49. The smallest absolute Gasteiger partial charge is 0.123 e. The van der Waals surface area contributed by atoms with Crippen molar-refractivity contribution in [3.63, 3.8) is 0 Å². The van der Waals surface area contributed by atoms with Crippen LogP contribution in [0.5, 0.6) is 0 Å². The second-order valence-electron chi connectivity index (χ2n) is 5.63. The quantitative estimate of drug-likeness (QED) is 0.820. The van der Waals surface area contributed by atoms with Gasteiger partial charge in [-0.1, -0.05) is 38.2 Å². The summed E-state index contributed by atoms with van der Waals surface area (Å²) >= 11 is 0. The number of halogens is 1. The summed E-state index contributed by atoms with van der Waals surface area (Å²) in [5.74, 6) is 0.350. The van der Waals surface area contributed by atoms with Gasteiger partial charge in [0, 0.05) is 6.04 Å². The first-order valence-electron chi connectivity index (χ1n) is 7.20. The number of aryl methyl sites for hydroxylation is 1. The van der Waals surface area contributed by atoms with Crippen LogP contribution in [-0.2, 0) is 0 Å². The van der Waals surface area contributed by atoms with Crippen LogP contribution in [0, 0.1) is 18.7 Å². The third-order valence-electron chi connectivity index (χ3n) is 4.26. The molecule has 1 unspecified atom stereocenters. The summed E-state index contributed by atoms with van der Waals surface area (Å²) in [6.07, 6.45) is 8.94. The molecule has 18 heavy (non-hydrogen) atoms. The van der Waals surface area contributed by atoms with E-state index in [4.69, 9.17) is 5.73 Å². The van der Waals surface area contributed by atoms with Gasteiger partial charge in [0.2, 0.25) is 0 Å². The van der Waals surface area contributed by atoms with Crippen molar-refractivity contribution in [2.24, 2.45) is 11.7 Å². The standard InChI is InChI=1S/C16H24FN/c1-12-9-10-14(17)11-15(12)16(18)13-7-5-3-2-4-6-8-13/h9-11,13,16H,2-8,18H2,1H3. The highest BCUT2D eigenvalue weighted by atomic mass is 19.1. The Kier molecular flexibility index (Phi) is 4.76. The lowest BCUT2D eigenvalue weighted by Crippen LogP contribution is -2.23. The zero-order valence-electron chi connectivity index (χ0n) is 11.3. The topological polar surface area (TPSA) is 26.0 Å². The van der Waals surface area contributed by atoms with Crippen molar-refractivity contribution in [1.82, 2.24) is 0 Å². The second-order valence-corrected chi connectivity index (χ2v) is 5.63. The lowest BCUT2D eigenvalue weighted by atomic mass is 9.82. The maximum atomic E-state index is 13.4. The molecule has 1 saturated carbocycles. The number of nitrogens with two attached hydrogens (primary N) is 1. The molecule has 1 atom stereocenters. The number of rotatable bonds is 2. The summed E-state index contributed by atoms with van der Waals surface area (Å²) in [5.41, 5.74) is 8.51. The van der Waals surface area contributed by atoms with Crippen LogP contribution in [0.1, 0.15) is 62.1 Å². The van der Waals surface area contributed by atoms with E-state index in [1.165, 1.54) is 51.0 Å². The van der Waals surface area contributed by atoms with Crippen molar-refractivity contribution >= 4 is 0 Å². The highest BCUT2D eigenvalue weighted by Crippen LogP contribution is 2.32. The maximum absolute atomic E-state index is 13.4. The second kappa shape index (κ2) is 6.33. The largest absolute Gasteiger partial charge is 0.324 e. The van der Waals surface area contributed by atoms with Gasteiger partial charge in [0.05, 0.1) is 0 Å². The third-order valence-corrected chi connectivity index (χ3v) is 4.26. The Bertz CT molecular complexity index is 381.